The summed E-state index contributed by atoms with van der Waals surface area (Å²) in [5, 5.41) is 0. The molecule has 1 aromatic heterocycles. The largest absolute Gasteiger partial charge is 0.573 e. The Bertz CT molecular complexity index is 787. The van der Waals surface area contributed by atoms with E-state index in [4.69, 9.17) is 0 Å². The zero-order valence-electron chi connectivity index (χ0n) is 12.7. The normalized spacial score (nSPS) is 13.0. The third kappa shape index (κ3) is 4.61. The van der Waals surface area contributed by atoms with Crippen LogP contribution >= 0.6 is 0 Å². The van der Waals surface area contributed by atoms with Crippen LogP contribution in [-0.4, -0.2) is 22.6 Å². The van der Waals surface area contributed by atoms with E-state index in [0.717, 1.165) is 22.9 Å². The number of aryl methyl sites for hydroxylation is 1. The van der Waals surface area contributed by atoms with Gasteiger partial charge < -0.3 is 4.74 Å². The molecule has 0 amide bonds. The van der Waals surface area contributed by atoms with Gasteiger partial charge in [0.2, 0.25) is 0 Å². The van der Waals surface area contributed by atoms with Gasteiger partial charge >= 0.3 is 12.5 Å². The SMILES string of the molecule is C=N/C(=C\n1c(C(F)(F)F)cnc1C)c1ccc(OC(F)(F)F)cc1. The van der Waals surface area contributed by atoms with Crippen LogP contribution in [0.3, 0.4) is 0 Å². The Morgan fingerprint density at radius 2 is 1.76 bits per heavy atom. The Hall–Kier alpha value is -2.78. The van der Waals surface area contributed by atoms with Gasteiger partial charge in [0.25, 0.3) is 0 Å². The summed E-state index contributed by atoms with van der Waals surface area (Å²) in [6, 6.07) is 4.49. The second kappa shape index (κ2) is 6.61. The molecule has 25 heavy (non-hydrogen) atoms. The van der Waals surface area contributed by atoms with Gasteiger partial charge in [0.05, 0.1) is 11.9 Å². The van der Waals surface area contributed by atoms with Crippen molar-refractivity contribution in [2.45, 2.75) is 19.5 Å². The fourth-order valence-corrected chi connectivity index (χ4v) is 1.98. The van der Waals surface area contributed by atoms with Crippen molar-refractivity contribution in [1.82, 2.24) is 9.55 Å². The van der Waals surface area contributed by atoms with E-state index in [2.05, 4.69) is 21.4 Å². The maximum Gasteiger partial charge on any atom is 0.573 e. The number of aromatic nitrogens is 2. The number of hydrogen-bond acceptors (Lipinski definition) is 3. The minimum absolute atomic E-state index is 0.0187. The van der Waals surface area contributed by atoms with Gasteiger partial charge in [-0.1, -0.05) is 0 Å². The molecule has 0 radical (unpaired) electrons. The Morgan fingerprint density at radius 3 is 2.24 bits per heavy atom. The molecule has 0 aliphatic rings. The summed E-state index contributed by atoms with van der Waals surface area (Å²) in [4.78, 5) is 7.24. The topological polar surface area (TPSA) is 39.4 Å². The summed E-state index contributed by atoms with van der Waals surface area (Å²) < 4.78 is 79.8. The molecule has 1 heterocycles. The minimum Gasteiger partial charge on any atom is -0.406 e. The fraction of sp³-hybridized carbons (Fsp3) is 0.200. The fourth-order valence-electron chi connectivity index (χ4n) is 1.98. The van der Waals surface area contributed by atoms with Crippen LogP contribution in [0.2, 0.25) is 0 Å². The van der Waals surface area contributed by atoms with Gasteiger partial charge in [-0.15, -0.1) is 13.2 Å². The van der Waals surface area contributed by atoms with Crippen LogP contribution in [0.15, 0.2) is 35.5 Å². The highest BCUT2D eigenvalue weighted by atomic mass is 19.4. The molecule has 0 saturated heterocycles. The van der Waals surface area contributed by atoms with Crippen LogP contribution < -0.4 is 4.74 Å². The van der Waals surface area contributed by atoms with Crippen LogP contribution in [0, 0.1) is 6.92 Å². The zero-order valence-corrected chi connectivity index (χ0v) is 12.7. The molecule has 0 aliphatic heterocycles. The van der Waals surface area contributed by atoms with Gasteiger partial charge in [-0.05, 0) is 37.9 Å². The molecule has 0 unspecified atom stereocenters. The van der Waals surface area contributed by atoms with E-state index in [-0.39, 0.29) is 17.1 Å². The quantitative estimate of drug-likeness (QED) is 0.580. The smallest absolute Gasteiger partial charge is 0.406 e. The molecule has 4 nitrogen and oxygen atoms in total. The van der Waals surface area contributed by atoms with Crippen LogP contribution in [0.25, 0.3) is 11.9 Å². The Labute approximate surface area is 138 Å². The van der Waals surface area contributed by atoms with Crippen molar-refractivity contribution >= 4 is 18.6 Å². The lowest BCUT2D eigenvalue weighted by Gasteiger charge is -2.11. The van der Waals surface area contributed by atoms with Crippen LogP contribution in [-0.2, 0) is 6.18 Å². The monoisotopic (exact) mass is 363 g/mol. The maximum atomic E-state index is 13.0. The van der Waals surface area contributed by atoms with Crippen LogP contribution in [0.4, 0.5) is 26.3 Å². The summed E-state index contributed by atoms with van der Waals surface area (Å²) >= 11 is 0. The predicted octanol–water partition coefficient (Wildman–Crippen LogP) is 4.77. The van der Waals surface area contributed by atoms with E-state index in [9.17, 15) is 26.3 Å². The van der Waals surface area contributed by atoms with Crippen molar-refractivity contribution in [2.75, 3.05) is 0 Å². The Kier molecular flexibility index (Phi) is 4.91. The van der Waals surface area contributed by atoms with E-state index in [1.807, 2.05) is 0 Å². The number of hydrogen-bond donors (Lipinski definition) is 0. The average molecular weight is 363 g/mol. The predicted molar refractivity (Wildman–Crippen MR) is 78.8 cm³/mol. The van der Waals surface area contributed by atoms with Crippen molar-refractivity contribution in [3.63, 3.8) is 0 Å². The molecule has 10 heteroatoms. The molecule has 0 bridgehead atoms. The molecule has 134 valence electrons. The first-order chi connectivity index (χ1) is 11.5. The molecule has 0 fully saturated rings. The molecule has 0 N–H and O–H groups in total. The Morgan fingerprint density at radius 1 is 1.16 bits per heavy atom. The number of ether oxygens (including phenoxy) is 1. The summed E-state index contributed by atoms with van der Waals surface area (Å²) in [5.41, 5.74) is -0.737. The molecule has 0 saturated carbocycles. The van der Waals surface area contributed by atoms with E-state index in [1.165, 1.54) is 19.1 Å². The first-order valence-electron chi connectivity index (χ1n) is 6.67. The van der Waals surface area contributed by atoms with Crippen molar-refractivity contribution in [2.24, 2.45) is 4.99 Å². The van der Waals surface area contributed by atoms with Crippen molar-refractivity contribution in [3.8, 4) is 5.75 Å². The zero-order chi connectivity index (χ0) is 18.8. The van der Waals surface area contributed by atoms with Crippen LogP contribution in [0.1, 0.15) is 17.1 Å². The lowest BCUT2D eigenvalue weighted by Crippen LogP contribution is -2.17. The molecule has 0 aliphatic carbocycles. The lowest BCUT2D eigenvalue weighted by molar-refractivity contribution is -0.274. The highest BCUT2D eigenvalue weighted by Crippen LogP contribution is 2.31. The second-order valence-corrected chi connectivity index (χ2v) is 4.80. The van der Waals surface area contributed by atoms with E-state index in [1.54, 1.807) is 0 Å². The van der Waals surface area contributed by atoms with Crippen molar-refractivity contribution in [1.29, 1.82) is 0 Å². The van der Waals surface area contributed by atoms with E-state index in [0.29, 0.717) is 6.20 Å². The molecule has 1 aromatic carbocycles. The third-order valence-electron chi connectivity index (χ3n) is 3.08. The van der Waals surface area contributed by atoms with Crippen molar-refractivity contribution in [3.05, 3.63) is 47.5 Å². The summed E-state index contributed by atoms with van der Waals surface area (Å²) in [6.07, 6.45) is -7.74. The van der Waals surface area contributed by atoms with Gasteiger partial charge in [0, 0.05) is 11.8 Å². The van der Waals surface area contributed by atoms with Gasteiger partial charge in [0.15, 0.2) is 0 Å². The molecular weight excluding hydrogens is 352 g/mol. The second-order valence-electron chi connectivity index (χ2n) is 4.80. The maximum absolute atomic E-state index is 13.0. The third-order valence-corrected chi connectivity index (χ3v) is 3.08. The van der Waals surface area contributed by atoms with Gasteiger partial charge in [-0.3, -0.25) is 9.56 Å². The molecule has 0 spiro atoms. The first-order valence-corrected chi connectivity index (χ1v) is 6.67. The average Bonchev–Trinajstić information content (AvgIpc) is 2.85. The van der Waals surface area contributed by atoms with Gasteiger partial charge in [0.1, 0.15) is 17.3 Å². The molecule has 2 aromatic rings. The van der Waals surface area contributed by atoms with Crippen molar-refractivity contribution < 1.29 is 31.1 Å². The molecular formula is C15H11F6N3O. The molecule has 2 rings (SSSR count). The van der Waals surface area contributed by atoms with Crippen LogP contribution in [0.5, 0.6) is 5.75 Å². The van der Waals surface area contributed by atoms with Gasteiger partial charge in [-0.2, -0.15) is 13.2 Å². The summed E-state index contributed by atoms with van der Waals surface area (Å²) in [5.74, 6) is -0.403. The number of imidazole rings is 1. The Balaban J connectivity index is 2.39. The highest BCUT2D eigenvalue weighted by molar-refractivity contribution is 5.77. The number of halogens is 6. The highest BCUT2D eigenvalue weighted by Gasteiger charge is 2.35. The number of aliphatic imine (C=N–C) groups is 1. The van der Waals surface area contributed by atoms with E-state index >= 15 is 0 Å². The molecule has 0 atom stereocenters. The summed E-state index contributed by atoms with van der Waals surface area (Å²) in [6.45, 7) is 4.64. The number of benzene rings is 1. The van der Waals surface area contributed by atoms with E-state index < -0.39 is 24.0 Å². The number of rotatable bonds is 4. The first kappa shape index (κ1) is 18.6. The number of alkyl halides is 6. The number of nitrogens with zero attached hydrogens (tertiary/aromatic N) is 3. The minimum atomic E-state index is -4.84. The van der Waals surface area contributed by atoms with Gasteiger partial charge in [-0.25, -0.2) is 4.98 Å². The standard InChI is InChI=1S/C15H11F6N3O/c1-9-23-7-13(14(16,17)18)24(9)8-12(22-2)10-3-5-11(6-4-10)25-15(19,20)21/h3-8H,2H2,1H3/b12-8-. The lowest BCUT2D eigenvalue weighted by atomic mass is 10.1. The summed E-state index contributed by atoms with van der Waals surface area (Å²) in [7, 11) is 0.